The van der Waals surface area contributed by atoms with Gasteiger partial charge in [0, 0.05) is 55.6 Å². The van der Waals surface area contributed by atoms with Crippen LogP contribution in [0.25, 0.3) is 27.3 Å². The Morgan fingerprint density at radius 3 is 2.81 bits per heavy atom. The minimum Gasteiger partial charge on any atom is -0.378 e. The lowest BCUT2D eigenvalue weighted by atomic mass is 10.1. The molecule has 0 saturated heterocycles. The summed E-state index contributed by atoms with van der Waals surface area (Å²) in [6.45, 7) is 0. The van der Waals surface area contributed by atoms with Crippen LogP contribution in [0.3, 0.4) is 0 Å². The van der Waals surface area contributed by atoms with Gasteiger partial charge >= 0.3 is 0 Å². The molecule has 0 aliphatic rings. The van der Waals surface area contributed by atoms with Crippen molar-refractivity contribution in [2.45, 2.75) is 0 Å². The van der Waals surface area contributed by atoms with E-state index >= 15 is 0 Å². The molecule has 5 aromatic rings. The largest absolute Gasteiger partial charge is 0.378 e. The van der Waals surface area contributed by atoms with Crippen LogP contribution in [0.2, 0.25) is 0 Å². The molecule has 1 aromatic carbocycles. The van der Waals surface area contributed by atoms with Gasteiger partial charge in [-0.2, -0.15) is 5.10 Å². The Morgan fingerprint density at radius 1 is 1.04 bits per heavy atom. The molecule has 5 rings (SSSR count). The highest BCUT2D eigenvalue weighted by Gasteiger charge is 2.16. The maximum Gasteiger partial charge on any atom is 0.142 e. The van der Waals surface area contributed by atoms with Crippen LogP contribution in [0.15, 0.2) is 61.3 Å². The maximum absolute atomic E-state index is 4.85. The van der Waals surface area contributed by atoms with E-state index in [-0.39, 0.29) is 0 Å². The van der Waals surface area contributed by atoms with Crippen LogP contribution in [0.4, 0.5) is 17.2 Å². The van der Waals surface area contributed by atoms with E-state index in [2.05, 4.69) is 32.3 Å². The fraction of sp³-hybridized carbons (Fsp3) is 0.100. The summed E-state index contributed by atoms with van der Waals surface area (Å²) in [5.41, 5.74) is 4.68. The number of fused-ring (bicyclic) bond motifs is 5. The topological polar surface area (TPSA) is 71.2 Å². The van der Waals surface area contributed by atoms with Crippen molar-refractivity contribution in [1.82, 2.24) is 24.6 Å². The van der Waals surface area contributed by atoms with Gasteiger partial charge in [-0.1, -0.05) is 6.07 Å². The molecule has 0 saturated carbocycles. The average molecular weight is 355 g/mol. The Balaban J connectivity index is 1.78. The van der Waals surface area contributed by atoms with E-state index in [0.717, 1.165) is 44.5 Å². The summed E-state index contributed by atoms with van der Waals surface area (Å²) < 4.78 is 1.83. The second-order valence-electron chi connectivity index (χ2n) is 6.55. The highest BCUT2D eigenvalue weighted by Crippen LogP contribution is 2.33. The highest BCUT2D eigenvalue weighted by atomic mass is 15.2. The van der Waals surface area contributed by atoms with E-state index in [0.29, 0.717) is 0 Å². The Hall–Kier alpha value is -3.74. The lowest BCUT2D eigenvalue weighted by molar-refractivity contribution is 0.965. The standard InChI is InChI=1S/C20H17N7/c1-26(2)14-5-3-4-13(10-14)23-20-18-17-12-22-8-9-27(17)25-19(18)15-11-21-7-6-16(15)24-20/h3-12H,1-2H3,(H,23,24). The lowest BCUT2D eigenvalue weighted by Crippen LogP contribution is -2.08. The third-order valence-electron chi connectivity index (χ3n) is 4.59. The van der Waals surface area contributed by atoms with Crippen molar-refractivity contribution in [2.24, 2.45) is 0 Å². The second kappa shape index (κ2) is 5.91. The number of hydrogen-bond acceptors (Lipinski definition) is 6. The number of rotatable bonds is 3. The molecule has 4 heterocycles. The van der Waals surface area contributed by atoms with Crippen molar-refractivity contribution >= 4 is 44.5 Å². The van der Waals surface area contributed by atoms with Gasteiger partial charge in [0.2, 0.25) is 0 Å². The minimum absolute atomic E-state index is 0.752. The summed E-state index contributed by atoms with van der Waals surface area (Å²) >= 11 is 0. The Kier molecular flexibility index (Phi) is 3.39. The predicted octanol–water partition coefficient (Wildman–Crippen LogP) is 3.64. The molecule has 7 nitrogen and oxygen atoms in total. The molecule has 0 aliphatic carbocycles. The number of nitrogens with zero attached hydrogens (tertiary/aromatic N) is 6. The molecule has 4 aromatic heterocycles. The first kappa shape index (κ1) is 15.5. The normalized spacial score (nSPS) is 11.3. The van der Waals surface area contributed by atoms with Crippen molar-refractivity contribution in [3.63, 3.8) is 0 Å². The zero-order chi connectivity index (χ0) is 18.4. The maximum atomic E-state index is 4.85. The fourth-order valence-corrected chi connectivity index (χ4v) is 3.25. The summed E-state index contributed by atoms with van der Waals surface area (Å²) in [6, 6.07) is 10.1. The van der Waals surface area contributed by atoms with Crippen LogP contribution < -0.4 is 10.2 Å². The summed E-state index contributed by atoms with van der Waals surface area (Å²) in [4.78, 5) is 15.4. The monoisotopic (exact) mass is 355 g/mol. The van der Waals surface area contributed by atoms with Gasteiger partial charge in [0.1, 0.15) is 11.3 Å². The SMILES string of the molecule is CN(C)c1cccc(Nc2nc3ccncc3c3nn4ccncc4c23)c1. The number of anilines is 3. The van der Waals surface area contributed by atoms with Crippen LogP contribution in [0.5, 0.6) is 0 Å². The van der Waals surface area contributed by atoms with Gasteiger partial charge < -0.3 is 10.2 Å². The molecule has 132 valence electrons. The number of hydrogen-bond donors (Lipinski definition) is 1. The van der Waals surface area contributed by atoms with Gasteiger partial charge in [-0.25, -0.2) is 9.50 Å². The minimum atomic E-state index is 0.752. The van der Waals surface area contributed by atoms with E-state index in [4.69, 9.17) is 10.1 Å². The van der Waals surface area contributed by atoms with Crippen LogP contribution in [-0.4, -0.2) is 38.7 Å². The van der Waals surface area contributed by atoms with Gasteiger partial charge in [0.15, 0.2) is 0 Å². The van der Waals surface area contributed by atoms with Crippen molar-refractivity contribution in [2.75, 3.05) is 24.3 Å². The van der Waals surface area contributed by atoms with E-state index in [1.54, 1.807) is 24.8 Å². The summed E-state index contributed by atoms with van der Waals surface area (Å²) in [7, 11) is 4.05. The Morgan fingerprint density at radius 2 is 1.93 bits per heavy atom. The second-order valence-corrected chi connectivity index (χ2v) is 6.55. The van der Waals surface area contributed by atoms with Crippen LogP contribution in [0.1, 0.15) is 0 Å². The quantitative estimate of drug-likeness (QED) is 0.533. The van der Waals surface area contributed by atoms with Crippen molar-refractivity contribution in [3.8, 4) is 0 Å². The average Bonchev–Trinajstić information content (AvgIpc) is 3.08. The first-order valence-electron chi connectivity index (χ1n) is 8.61. The zero-order valence-corrected chi connectivity index (χ0v) is 15.0. The van der Waals surface area contributed by atoms with Gasteiger partial charge in [0.05, 0.1) is 22.6 Å². The van der Waals surface area contributed by atoms with Crippen LogP contribution in [0, 0.1) is 0 Å². The number of nitrogens with one attached hydrogen (secondary N) is 1. The fourth-order valence-electron chi connectivity index (χ4n) is 3.25. The number of pyridine rings is 2. The molecular weight excluding hydrogens is 338 g/mol. The first-order chi connectivity index (χ1) is 13.2. The van der Waals surface area contributed by atoms with Crippen molar-refractivity contribution in [1.29, 1.82) is 0 Å². The summed E-state index contributed by atoms with van der Waals surface area (Å²) in [5, 5.41) is 10.1. The smallest absolute Gasteiger partial charge is 0.142 e. The van der Waals surface area contributed by atoms with Crippen molar-refractivity contribution in [3.05, 3.63) is 61.3 Å². The molecule has 0 spiro atoms. The molecule has 7 heteroatoms. The molecule has 0 atom stereocenters. The molecule has 0 amide bonds. The van der Waals surface area contributed by atoms with Crippen molar-refractivity contribution < 1.29 is 0 Å². The first-order valence-corrected chi connectivity index (χ1v) is 8.61. The summed E-state index contributed by atoms with van der Waals surface area (Å²) in [6.07, 6.45) is 8.92. The van der Waals surface area contributed by atoms with E-state index < -0.39 is 0 Å². The highest BCUT2D eigenvalue weighted by molar-refractivity contribution is 6.14. The van der Waals surface area contributed by atoms with Gasteiger partial charge in [-0.15, -0.1) is 0 Å². The van der Waals surface area contributed by atoms with Crippen LogP contribution >= 0.6 is 0 Å². The van der Waals surface area contributed by atoms with Crippen LogP contribution in [-0.2, 0) is 0 Å². The van der Waals surface area contributed by atoms with Gasteiger partial charge in [-0.05, 0) is 24.3 Å². The number of aromatic nitrogens is 5. The third kappa shape index (κ3) is 2.52. The molecule has 0 radical (unpaired) electrons. The molecule has 1 N–H and O–H groups in total. The Bertz CT molecular complexity index is 1290. The van der Waals surface area contributed by atoms with Gasteiger partial charge in [-0.3, -0.25) is 9.97 Å². The van der Waals surface area contributed by atoms with E-state index in [9.17, 15) is 0 Å². The van der Waals surface area contributed by atoms with Gasteiger partial charge in [0.25, 0.3) is 0 Å². The molecule has 27 heavy (non-hydrogen) atoms. The summed E-state index contributed by atoms with van der Waals surface area (Å²) in [5.74, 6) is 0.752. The molecule has 0 unspecified atom stereocenters. The lowest BCUT2D eigenvalue weighted by Gasteiger charge is -2.14. The predicted molar refractivity (Wildman–Crippen MR) is 108 cm³/mol. The third-order valence-corrected chi connectivity index (χ3v) is 4.59. The molecule has 0 bridgehead atoms. The molecule has 0 fully saturated rings. The molecular formula is C20H17N7. The van der Waals surface area contributed by atoms with E-state index in [1.807, 2.05) is 43.0 Å². The van der Waals surface area contributed by atoms with E-state index in [1.165, 1.54) is 0 Å². The zero-order valence-electron chi connectivity index (χ0n) is 15.0. The number of benzene rings is 1. The Labute approximate surface area is 155 Å². The molecule has 0 aliphatic heterocycles.